The third-order valence-electron chi connectivity index (χ3n) is 3.11. The fourth-order valence-corrected chi connectivity index (χ4v) is 2.80. The second kappa shape index (κ2) is 4.92. The summed E-state index contributed by atoms with van der Waals surface area (Å²) < 4.78 is 23.1. The van der Waals surface area contributed by atoms with Gasteiger partial charge in [-0.2, -0.15) is 0 Å². The number of anilines is 1. The molecule has 1 aromatic rings. The van der Waals surface area contributed by atoms with E-state index in [0.717, 1.165) is 24.2 Å². The molecule has 0 radical (unpaired) electrons. The molecule has 0 aliphatic carbocycles. The van der Waals surface area contributed by atoms with Gasteiger partial charge in [-0.15, -0.1) is 0 Å². The van der Waals surface area contributed by atoms with Crippen molar-refractivity contribution in [2.24, 2.45) is 0 Å². The normalized spacial score (nSPS) is 16.8. The fraction of sp³-hybridized carbons (Fsp3) is 0.385. The predicted octanol–water partition coefficient (Wildman–Crippen LogP) is 2.59. The molecule has 0 N–H and O–H groups in total. The van der Waals surface area contributed by atoms with Crippen molar-refractivity contribution in [2.75, 3.05) is 18.0 Å². The lowest BCUT2D eigenvalue weighted by atomic mass is 10.1. The summed E-state index contributed by atoms with van der Waals surface area (Å²) in [4.78, 5) is 2.61. The molecule has 0 unspecified atom stereocenters. The molecule has 1 saturated heterocycles. The van der Waals surface area contributed by atoms with Crippen LogP contribution in [0.1, 0.15) is 19.3 Å². The van der Waals surface area contributed by atoms with Crippen LogP contribution in [-0.4, -0.2) is 21.5 Å². The molecule has 2 rings (SSSR count). The second-order valence-electron chi connectivity index (χ2n) is 4.25. The van der Waals surface area contributed by atoms with Gasteiger partial charge in [-0.05, 0) is 43.5 Å². The number of nitrogens with zero attached hydrogens (tertiary/aromatic N) is 1. The minimum Gasteiger partial charge on any atom is -0.372 e. The van der Waals surface area contributed by atoms with Crippen LogP contribution in [0.4, 0.5) is 5.69 Å². The van der Waals surface area contributed by atoms with Crippen molar-refractivity contribution < 1.29 is 8.42 Å². The van der Waals surface area contributed by atoms with Crippen molar-refractivity contribution in [3.05, 3.63) is 36.3 Å². The SMILES string of the molecule is C=CS(=O)(=O)c1ccc(N2CCCCC2)cc1. The standard InChI is InChI=1S/C13H17NO2S/c1-2-17(15,16)13-8-6-12(7-9-13)14-10-4-3-5-11-14/h2,6-9H,1,3-5,10-11H2. The molecule has 92 valence electrons. The number of benzene rings is 1. The number of hydrogen-bond donors (Lipinski definition) is 0. The lowest BCUT2D eigenvalue weighted by Gasteiger charge is -2.28. The molecule has 0 atom stereocenters. The predicted molar refractivity (Wildman–Crippen MR) is 69.9 cm³/mol. The molecule has 0 spiro atoms. The van der Waals surface area contributed by atoms with Crippen LogP contribution in [-0.2, 0) is 9.84 Å². The molecule has 1 fully saturated rings. The molecule has 17 heavy (non-hydrogen) atoms. The molecule has 0 saturated carbocycles. The molecular formula is C13H17NO2S. The Hall–Kier alpha value is -1.29. The smallest absolute Gasteiger partial charge is 0.199 e. The summed E-state index contributed by atoms with van der Waals surface area (Å²) >= 11 is 0. The van der Waals surface area contributed by atoms with Crippen molar-refractivity contribution in [1.82, 2.24) is 0 Å². The van der Waals surface area contributed by atoms with E-state index >= 15 is 0 Å². The summed E-state index contributed by atoms with van der Waals surface area (Å²) in [5, 5.41) is 0.989. The zero-order valence-electron chi connectivity index (χ0n) is 9.80. The quantitative estimate of drug-likeness (QED) is 0.828. The van der Waals surface area contributed by atoms with E-state index < -0.39 is 9.84 Å². The van der Waals surface area contributed by atoms with Crippen LogP contribution in [0.2, 0.25) is 0 Å². The summed E-state index contributed by atoms with van der Waals surface area (Å²) in [7, 11) is -3.30. The van der Waals surface area contributed by atoms with Gasteiger partial charge in [0.25, 0.3) is 0 Å². The van der Waals surface area contributed by atoms with E-state index in [1.165, 1.54) is 19.3 Å². The first-order valence-corrected chi connectivity index (χ1v) is 7.41. The molecule has 1 aliphatic rings. The van der Waals surface area contributed by atoms with Gasteiger partial charge in [0, 0.05) is 24.2 Å². The van der Waals surface area contributed by atoms with Gasteiger partial charge in [0.2, 0.25) is 0 Å². The van der Waals surface area contributed by atoms with Gasteiger partial charge in [0.05, 0.1) is 4.90 Å². The van der Waals surface area contributed by atoms with E-state index in [2.05, 4.69) is 11.5 Å². The maximum atomic E-state index is 11.6. The van der Waals surface area contributed by atoms with E-state index in [4.69, 9.17) is 0 Å². The molecule has 1 aliphatic heterocycles. The van der Waals surface area contributed by atoms with Crippen LogP contribution in [0.15, 0.2) is 41.1 Å². The first-order valence-electron chi connectivity index (χ1n) is 5.86. The van der Waals surface area contributed by atoms with Crippen LogP contribution in [0.25, 0.3) is 0 Å². The molecule has 0 bridgehead atoms. The van der Waals surface area contributed by atoms with Gasteiger partial charge < -0.3 is 4.90 Å². The fourth-order valence-electron chi connectivity index (χ4n) is 2.09. The number of hydrogen-bond acceptors (Lipinski definition) is 3. The maximum Gasteiger partial charge on any atom is 0.199 e. The number of piperidine rings is 1. The van der Waals surface area contributed by atoms with Crippen LogP contribution < -0.4 is 4.90 Å². The van der Waals surface area contributed by atoms with Gasteiger partial charge in [-0.25, -0.2) is 8.42 Å². The van der Waals surface area contributed by atoms with Gasteiger partial charge in [-0.3, -0.25) is 0 Å². The zero-order valence-corrected chi connectivity index (χ0v) is 10.6. The highest BCUT2D eigenvalue weighted by Crippen LogP contribution is 2.22. The van der Waals surface area contributed by atoms with E-state index in [0.29, 0.717) is 4.90 Å². The van der Waals surface area contributed by atoms with E-state index in [-0.39, 0.29) is 0 Å². The number of sulfone groups is 1. The summed E-state index contributed by atoms with van der Waals surface area (Å²) in [6.45, 7) is 5.45. The Kier molecular flexibility index (Phi) is 3.52. The van der Waals surface area contributed by atoms with Crippen LogP contribution >= 0.6 is 0 Å². The third-order valence-corrected chi connectivity index (χ3v) is 4.47. The minimum absolute atomic E-state index is 0.313. The Morgan fingerprint density at radius 3 is 2.18 bits per heavy atom. The van der Waals surface area contributed by atoms with E-state index in [9.17, 15) is 8.42 Å². The minimum atomic E-state index is -3.30. The highest BCUT2D eigenvalue weighted by atomic mass is 32.2. The monoisotopic (exact) mass is 251 g/mol. The first kappa shape index (κ1) is 12.2. The largest absolute Gasteiger partial charge is 0.372 e. The van der Waals surface area contributed by atoms with Crippen LogP contribution in [0.3, 0.4) is 0 Å². The van der Waals surface area contributed by atoms with Crippen LogP contribution in [0, 0.1) is 0 Å². The average molecular weight is 251 g/mol. The molecule has 1 aromatic carbocycles. The molecule has 0 aromatic heterocycles. The van der Waals surface area contributed by atoms with E-state index in [1.807, 2.05) is 12.1 Å². The molecular weight excluding hydrogens is 234 g/mol. The van der Waals surface area contributed by atoms with Gasteiger partial charge in [0.15, 0.2) is 9.84 Å². The molecule has 1 heterocycles. The Bertz CT molecular complexity index is 485. The zero-order chi connectivity index (χ0) is 12.3. The summed E-state index contributed by atoms with van der Waals surface area (Å²) in [5.74, 6) is 0. The first-order chi connectivity index (χ1) is 8.13. The highest BCUT2D eigenvalue weighted by molar-refractivity contribution is 7.94. The van der Waals surface area contributed by atoms with Gasteiger partial charge in [0.1, 0.15) is 0 Å². The Balaban J connectivity index is 2.20. The number of rotatable bonds is 3. The Labute approximate surface area is 103 Å². The maximum absolute atomic E-state index is 11.6. The van der Waals surface area contributed by atoms with Crippen molar-refractivity contribution in [1.29, 1.82) is 0 Å². The van der Waals surface area contributed by atoms with Crippen molar-refractivity contribution in [3.8, 4) is 0 Å². The van der Waals surface area contributed by atoms with Gasteiger partial charge in [-0.1, -0.05) is 6.58 Å². The van der Waals surface area contributed by atoms with Crippen LogP contribution in [0.5, 0.6) is 0 Å². The molecule has 3 nitrogen and oxygen atoms in total. The topological polar surface area (TPSA) is 37.4 Å². The summed E-state index contributed by atoms with van der Waals surface area (Å²) in [6, 6.07) is 7.06. The highest BCUT2D eigenvalue weighted by Gasteiger charge is 2.13. The molecule has 4 heteroatoms. The lowest BCUT2D eigenvalue weighted by Crippen LogP contribution is -2.29. The Morgan fingerprint density at radius 1 is 1.06 bits per heavy atom. The summed E-state index contributed by atoms with van der Waals surface area (Å²) in [6.07, 6.45) is 3.72. The second-order valence-corrected chi connectivity index (χ2v) is 6.15. The Morgan fingerprint density at radius 2 is 1.65 bits per heavy atom. The lowest BCUT2D eigenvalue weighted by molar-refractivity contribution is 0.577. The third kappa shape index (κ3) is 2.69. The van der Waals surface area contributed by atoms with Gasteiger partial charge >= 0.3 is 0 Å². The summed E-state index contributed by atoms with van der Waals surface area (Å²) in [5.41, 5.74) is 1.10. The molecule has 0 amide bonds. The van der Waals surface area contributed by atoms with E-state index in [1.54, 1.807) is 12.1 Å². The van der Waals surface area contributed by atoms with Crippen molar-refractivity contribution in [3.63, 3.8) is 0 Å². The average Bonchev–Trinajstić information content (AvgIpc) is 2.40. The van der Waals surface area contributed by atoms with Crippen molar-refractivity contribution in [2.45, 2.75) is 24.2 Å². The van der Waals surface area contributed by atoms with Crippen molar-refractivity contribution >= 4 is 15.5 Å².